The maximum absolute atomic E-state index is 13.5. The van der Waals surface area contributed by atoms with E-state index in [-0.39, 0.29) is 37.5 Å². The Labute approximate surface area is 268 Å². The molecule has 3 saturated heterocycles. The smallest absolute Gasteiger partial charge is 0.379 e. The Bertz CT molecular complexity index is 1630. The first-order chi connectivity index (χ1) is 21.5. The predicted molar refractivity (Wildman–Crippen MR) is 164 cm³/mol. The fraction of sp³-hybridized carbons (Fsp3) is 0.333. The molecule has 0 spiro atoms. The van der Waals surface area contributed by atoms with E-state index in [0.717, 1.165) is 22.9 Å². The highest BCUT2D eigenvalue weighted by Gasteiger charge is 2.66. The maximum Gasteiger partial charge on any atom is 0.379 e. The molecule has 1 aromatic carbocycles. The van der Waals surface area contributed by atoms with Crippen LogP contribution in [-0.2, 0) is 33.3 Å². The van der Waals surface area contributed by atoms with Gasteiger partial charge in [-0.3, -0.25) is 19.3 Å². The van der Waals surface area contributed by atoms with Gasteiger partial charge in [-0.1, -0.05) is 46.7 Å². The second-order valence-electron chi connectivity index (χ2n) is 10.2. The number of urea groups is 1. The van der Waals surface area contributed by atoms with Gasteiger partial charge in [-0.15, -0.1) is 11.3 Å². The lowest BCUT2D eigenvalue weighted by Gasteiger charge is -2.40. The van der Waals surface area contributed by atoms with Crippen LogP contribution >= 0.6 is 23.1 Å². The van der Waals surface area contributed by atoms with Crippen molar-refractivity contribution in [3.8, 4) is 0 Å². The third-order valence-corrected chi connectivity index (χ3v) is 9.84. The van der Waals surface area contributed by atoms with Crippen LogP contribution in [0.2, 0.25) is 0 Å². The van der Waals surface area contributed by atoms with Crippen molar-refractivity contribution < 1.29 is 38.1 Å². The first-order valence-corrected chi connectivity index (χ1v) is 15.1. The zero-order chi connectivity index (χ0) is 32.5. The van der Waals surface area contributed by atoms with E-state index in [2.05, 4.69) is 31.1 Å². The zero-order valence-electron chi connectivity index (χ0n) is 24.1. The van der Waals surface area contributed by atoms with Gasteiger partial charge < -0.3 is 19.0 Å². The lowest BCUT2D eigenvalue weighted by Crippen LogP contribution is -2.59. The van der Waals surface area contributed by atoms with Crippen LogP contribution in [0.3, 0.4) is 0 Å². The summed E-state index contributed by atoms with van der Waals surface area (Å²) >= 11 is 2.25. The number of oxime groups is 1. The fourth-order valence-corrected chi connectivity index (χ4v) is 7.33. The Morgan fingerprint density at radius 1 is 1.16 bits per heavy atom. The quantitative estimate of drug-likeness (QED) is 0.0867. The van der Waals surface area contributed by atoms with E-state index in [1.807, 2.05) is 31.2 Å². The summed E-state index contributed by atoms with van der Waals surface area (Å²) < 4.78 is 8.66. The van der Waals surface area contributed by atoms with E-state index in [1.165, 1.54) is 32.4 Å². The first-order valence-electron chi connectivity index (χ1n) is 13.4. The number of thiazole rings is 1. The molecular formula is C27H24B2N6O8S2. The van der Waals surface area contributed by atoms with Crippen LogP contribution in [0.5, 0.6) is 0 Å². The molecule has 14 nitrogen and oxygen atoms in total. The SMILES string of the molecule is [B]OC(=O)C(=C)O/N=C(\C(=O)C[C@@H]1C(=O)N2CC(C(=O)O[B])(N3CCN(/N=C/c4ccc(C)cc4)C3=O)S[C@H]12)c1csc(C)n1. The lowest BCUT2D eigenvalue weighted by atomic mass is 9.90. The van der Waals surface area contributed by atoms with Gasteiger partial charge in [0.05, 0.1) is 35.6 Å². The van der Waals surface area contributed by atoms with Crippen LogP contribution in [0.1, 0.15) is 28.2 Å². The zero-order valence-corrected chi connectivity index (χ0v) is 25.7. The van der Waals surface area contributed by atoms with Crippen molar-refractivity contribution in [3.63, 3.8) is 0 Å². The van der Waals surface area contributed by atoms with Crippen LogP contribution in [0.15, 0.2) is 52.2 Å². The molecule has 1 unspecified atom stereocenters. The van der Waals surface area contributed by atoms with Gasteiger partial charge in [0.2, 0.25) is 16.5 Å². The van der Waals surface area contributed by atoms with Gasteiger partial charge in [0.25, 0.3) is 0 Å². The third-order valence-electron chi connectivity index (χ3n) is 7.34. The van der Waals surface area contributed by atoms with Crippen molar-refractivity contribution in [1.29, 1.82) is 0 Å². The molecule has 3 amide bonds. The molecular weight excluding hydrogens is 622 g/mol. The molecule has 3 atom stereocenters. The minimum atomic E-state index is -1.66. The number of Topliss-reactive ketones (excluding diaryl/α,β-unsaturated/α-hetero) is 1. The normalized spacial score (nSPS) is 22.8. The van der Waals surface area contributed by atoms with E-state index in [9.17, 15) is 24.0 Å². The van der Waals surface area contributed by atoms with Crippen LogP contribution in [0.25, 0.3) is 0 Å². The summed E-state index contributed by atoms with van der Waals surface area (Å²) in [6, 6.07) is 6.98. The Morgan fingerprint density at radius 2 is 1.89 bits per heavy atom. The highest BCUT2D eigenvalue weighted by atomic mass is 32.2. The third kappa shape index (κ3) is 6.11. The lowest BCUT2D eigenvalue weighted by molar-refractivity contribution is -0.153. The standard InChI is InChI=1S/C27H24B2N6O8S2/c1-14-4-6-17(7-5-14)11-30-35-9-8-34(26(35)40)27(25(39)42-29)13-33-22(37)18(23(33)45-27)10-20(36)21(19-12-44-16(3)31-19)32-43-15(2)24(38)41-28/h4-7,11-12,18,23H,2,8-10,13H2,1,3H3/b30-11+,32-21-/t18-,23-,27?/m1/s1. The number of nitrogens with zero attached hydrogens (tertiary/aromatic N) is 6. The van der Waals surface area contributed by atoms with Gasteiger partial charge in [0, 0.05) is 18.3 Å². The summed E-state index contributed by atoms with van der Waals surface area (Å²) in [7, 11) is 10.1. The number of aryl methyl sites for hydroxylation is 2. The van der Waals surface area contributed by atoms with E-state index in [1.54, 1.807) is 12.3 Å². The van der Waals surface area contributed by atoms with Gasteiger partial charge in [-0.2, -0.15) is 5.10 Å². The Kier molecular flexibility index (Phi) is 9.15. The number of thioether (sulfide) groups is 1. The Morgan fingerprint density at radius 3 is 2.53 bits per heavy atom. The number of benzene rings is 1. The number of carbonyl (C=O) groups is 5. The molecule has 0 N–H and O–H groups in total. The minimum Gasteiger partial charge on any atom is -0.541 e. The van der Waals surface area contributed by atoms with E-state index in [4.69, 9.17) is 20.9 Å². The maximum atomic E-state index is 13.5. The topological polar surface area (TPSA) is 160 Å². The number of fused-ring (bicyclic) bond motifs is 1. The molecule has 2 aromatic rings. The van der Waals surface area contributed by atoms with Crippen LogP contribution in [0, 0.1) is 19.8 Å². The number of hydrogen-bond acceptors (Lipinski definition) is 13. The molecule has 3 aliphatic heterocycles. The number of rotatable bonds is 11. The molecule has 3 aliphatic rings. The van der Waals surface area contributed by atoms with Gasteiger partial charge in [-0.25, -0.2) is 19.6 Å². The molecule has 4 radical (unpaired) electrons. The van der Waals surface area contributed by atoms with Crippen molar-refractivity contribution in [3.05, 3.63) is 63.8 Å². The van der Waals surface area contributed by atoms with Crippen molar-refractivity contribution in [2.24, 2.45) is 16.2 Å². The fourth-order valence-electron chi connectivity index (χ4n) is 5.00. The van der Waals surface area contributed by atoms with Crippen LogP contribution < -0.4 is 0 Å². The summed E-state index contributed by atoms with van der Waals surface area (Å²) in [6.07, 6.45) is 1.20. The largest absolute Gasteiger partial charge is 0.541 e. The minimum absolute atomic E-state index is 0.108. The summed E-state index contributed by atoms with van der Waals surface area (Å²) in [5.41, 5.74) is 1.76. The van der Waals surface area contributed by atoms with Crippen molar-refractivity contribution in [2.75, 3.05) is 19.6 Å². The number of hydrazone groups is 1. The molecule has 1 aromatic heterocycles. The summed E-state index contributed by atoms with van der Waals surface area (Å²) in [5.74, 6) is -4.53. The number of carbonyl (C=O) groups excluding carboxylic acids is 5. The monoisotopic (exact) mass is 646 g/mol. The molecule has 4 heterocycles. The number of aromatic nitrogens is 1. The van der Waals surface area contributed by atoms with Crippen molar-refractivity contribution in [2.45, 2.75) is 30.5 Å². The molecule has 0 aliphatic carbocycles. The van der Waals surface area contributed by atoms with E-state index in [0.29, 0.717) is 5.01 Å². The van der Waals surface area contributed by atoms with Crippen LogP contribution in [-0.4, -0.2) is 107 Å². The van der Waals surface area contributed by atoms with Crippen molar-refractivity contribution in [1.82, 2.24) is 19.8 Å². The highest BCUT2D eigenvalue weighted by Crippen LogP contribution is 2.53. The average molecular weight is 646 g/mol. The number of ketones is 1. The van der Waals surface area contributed by atoms with E-state index >= 15 is 0 Å². The number of hydrogen-bond donors (Lipinski definition) is 0. The van der Waals surface area contributed by atoms with Crippen molar-refractivity contribution >= 4 is 80.8 Å². The second kappa shape index (κ2) is 12.9. The van der Waals surface area contributed by atoms with Gasteiger partial charge in [0.1, 0.15) is 5.69 Å². The average Bonchev–Trinajstić information content (AvgIpc) is 3.74. The van der Waals surface area contributed by atoms with Gasteiger partial charge in [-0.05, 0) is 26.0 Å². The number of amides is 3. The van der Waals surface area contributed by atoms with Crippen LogP contribution in [0.4, 0.5) is 4.79 Å². The summed E-state index contributed by atoms with van der Waals surface area (Å²) in [6.45, 7) is 7.11. The molecule has 5 rings (SSSR count). The predicted octanol–water partition coefficient (Wildman–Crippen LogP) is 1.21. The summed E-state index contributed by atoms with van der Waals surface area (Å²) in [4.78, 5) is 75.1. The Hall–Kier alpha value is -4.44. The number of β-lactam (4-membered cyclic amide) rings is 1. The van der Waals surface area contributed by atoms with Gasteiger partial charge >= 0.3 is 34.1 Å². The molecule has 0 saturated carbocycles. The molecule has 228 valence electrons. The summed E-state index contributed by atoms with van der Waals surface area (Å²) in [5, 5.41) is 10.8. The van der Waals surface area contributed by atoms with Gasteiger partial charge in [0.15, 0.2) is 11.5 Å². The van der Waals surface area contributed by atoms with E-state index < -0.39 is 51.6 Å². The first kappa shape index (κ1) is 32.0. The Balaban J connectivity index is 1.33. The molecule has 3 fully saturated rings. The molecule has 18 heteroatoms. The highest BCUT2D eigenvalue weighted by molar-refractivity contribution is 8.02. The molecule has 0 bridgehead atoms. The second-order valence-corrected chi connectivity index (χ2v) is 12.7. The molecule has 45 heavy (non-hydrogen) atoms.